The Hall–Kier alpha value is -2.96. The van der Waals surface area contributed by atoms with Gasteiger partial charge in [-0.2, -0.15) is 0 Å². The highest BCUT2D eigenvalue weighted by atomic mass is 19.1. The number of hydrogen-bond donors (Lipinski definition) is 2. The summed E-state index contributed by atoms with van der Waals surface area (Å²) in [6, 6.07) is 7.67. The Labute approximate surface area is 119 Å². The third kappa shape index (κ3) is 3.14. The van der Waals surface area contributed by atoms with Gasteiger partial charge in [-0.15, -0.1) is 0 Å². The number of carbonyl (C=O) groups is 1. The first kappa shape index (κ1) is 14.4. The minimum absolute atomic E-state index is 0.0811. The summed E-state index contributed by atoms with van der Waals surface area (Å²) in [7, 11) is 0. The summed E-state index contributed by atoms with van der Waals surface area (Å²) in [4.78, 5) is 21.2. The highest BCUT2D eigenvalue weighted by molar-refractivity contribution is 5.96. The van der Waals surface area contributed by atoms with E-state index in [2.05, 4.69) is 5.32 Å². The Balaban J connectivity index is 2.46. The van der Waals surface area contributed by atoms with Crippen molar-refractivity contribution in [3.8, 4) is 0 Å². The Bertz CT molecular complexity index is 731. The Kier molecular flexibility index (Phi) is 3.84. The molecule has 0 saturated carbocycles. The predicted molar refractivity (Wildman–Crippen MR) is 74.5 cm³/mol. The third-order valence-electron chi connectivity index (χ3n) is 2.84. The van der Waals surface area contributed by atoms with Gasteiger partial charge in [-0.1, -0.05) is 6.07 Å². The van der Waals surface area contributed by atoms with Crippen LogP contribution in [-0.4, -0.2) is 16.0 Å². The van der Waals surface area contributed by atoms with Gasteiger partial charge in [-0.3, -0.25) is 10.1 Å². The number of nitro benzene ring substituents is 1. The number of nitro groups is 1. The highest BCUT2D eigenvalue weighted by Gasteiger charge is 2.17. The van der Waals surface area contributed by atoms with Crippen LogP contribution in [0.3, 0.4) is 0 Å². The number of nitrogens with zero attached hydrogens (tertiary/aromatic N) is 1. The van der Waals surface area contributed by atoms with Crippen LogP contribution in [0.15, 0.2) is 36.4 Å². The lowest BCUT2D eigenvalue weighted by Gasteiger charge is -2.11. The summed E-state index contributed by atoms with van der Waals surface area (Å²) in [5.41, 5.74) is 0.328. The molecule has 0 radical (unpaired) electrons. The topological polar surface area (TPSA) is 92.5 Å². The quantitative estimate of drug-likeness (QED) is 0.664. The fourth-order valence-corrected chi connectivity index (χ4v) is 1.81. The number of carboxylic acid groups (broad SMARTS) is 1. The van der Waals surface area contributed by atoms with Crippen LogP contribution in [-0.2, 0) is 0 Å². The first-order chi connectivity index (χ1) is 9.88. The van der Waals surface area contributed by atoms with Crippen LogP contribution in [0.25, 0.3) is 0 Å². The molecule has 0 unspecified atom stereocenters. The second-order valence-corrected chi connectivity index (χ2v) is 4.40. The molecule has 0 atom stereocenters. The van der Waals surface area contributed by atoms with Crippen LogP contribution < -0.4 is 5.32 Å². The molecule has 2 rings (SSSR count). The van der Waals surface area contributed by atoms with Gasteiger partial charge >= 0.3 is 5.97 Å². The predicted octanol–water partition coefficient (Wildman–Crippen LogP) is 3.48. The van der Waals surface area contributed by atoms with Gasteiger partial charge in [0.25, 0.3) is 5.69 Å². The molecule has 2 aromatic rings. The molecular weight excluding hydrogens is 279 g/mol. The monoisotopic (exact) mass is 290 g/mol. The number of benzene rings is 2. The van der Waals surface area contributed by atoms with E-state index in [-0.39, 0.29) is 22.6 Å². The Morgan fingerprint density at radius 1 is 1.24 bits per heavy atom. The molecule has 0 aliphatic carbocycles. The van der Waals surface area contributed by atoms with E-state index >= 15 is 0 Å². The summed E-state index contributed by atoms with van der Waals surface area (Å²) >= 11 is 0. The van der Waals surface area contributed by atoms with E-state index in [0.29, 0.717) is 0 Å². The van der Waals surface area contributed by atoms with E-state index in [4.69, 9.17) is 5.11 Å². The standard InChI is InChI=1S/C14H11FN2O4/c1-8-2-4-11(15)13(6-8)16-12-5-3-9(17(20)21)7-10(12)14(18)19/h2-7,16H,1H3,(H,18,19). The summed E-state index contributed by atoms with van der Waals surface area (Å²) in [5.74, 6) is -1.88. The fourth-order valence-electron chi connectivity index (χ4n) is 1.81. The molecule has 0 aromatic heterocycles. The van der Waals surface area contributed by atoms with Crippen molar-refractivity contribution < 1.29 is 19.2 Å². The van der Waals surface area contributed by atoms with E-state index in [1.165, 1.54) is 18.2 Å². The molecule has 2 N–H and O–H groups in total. The first-order valence-corrected chi connectivity index (χ1v) is 5.93. The number of halogens is 1. The van der Waals surface area contributed by atoms with E-state index in [1.54, 1.807) is 13.0 Å². The van der Waals surface area contributed by atoms with Gasteiger partial charge in [0.15, 0.2) is 0 Å². The smallest absolute Gasteiger partial charge is 0.338 e. The Morgan fingerprint density at radius 3 is 2.57 bits per heavy atom. The van der Waals surface area contributed by atoms with Crippen molar-refractivity contribution in [3.05, 3.63) is 63.5 Å². The van der Waals surface area contributed by atoms with Crippen LogP contribution in [0, 0.1) is 22.9 Å². The van der Waals surface area contributed by atoms with Gasteiger partial charge in [0.05, 0.1) is 21.9 Å². The maximum Gasteiger partial charge on any atom is 0.338 e. The summed E-state index contributed by atoms with van der Waals surface area (Å²) in [6.45, 7) is 1.76. The number of nitrogens with one attached hydrogen (secondary N) is 1. The average Bonchev–Trinajstić information content (AvgIpc) is 2.42. The minimum atomic E-state index is -1.34. The van der Waals surface area contributed by atoms with Crippen molar-refractivity contribution in [2.45, 2.75) is 6.92 Å². The van der Waals surface area contributed by atoms with Crippen molar-refractivity contribution in [1.29, 1.82) is 0 Å². The van der Waals surface area contributed by atoms with Crippen molar-refractivity contribution in [3.63, 3.8) is 0 Å². The van der Waals surface area contributed by atoms with Gasteiger partial charge in [0.1, 0.15) is 5.82 Å². The number of anilines is 2. The zero-order valence-electron chi connectivity index (χ0n) is 11.0. The second-order valence-electron chi connectivity index (χ2n) is 4.40. The Morgan fingerprint density at radius 2 is 1.95 bits per heavy atom. The van der Waals surface area contributed by atoms with Crippen LogP contribution in [0.2, 0.25) is 0 Å². The summed E-state index contributed by atoms with van der Waals surface area (Å²) in [5, 5.41) is 22.4. The number of rotatable bonds is 4. The molecule has 0 aliphatic rings. The lowest BCUT2D eigenvalue weighted by atomic mass is 10.1. The molecule has 0 fully saturated rings. The molecule has 7 heteroatoms. The van der Waals surface area contributed by atoms with Gasteiger partial charge in [0, 0.05) is 12.1 Å². The first-order valence-electron chi connectivity index (χ1n) is 5.93. The molecule has 0 heterocycles. The molecule has 0 amide bonds. The number of non-ortho nitro benzene ring substituents is 1. The summed E-state index contributed by atoms with van der Waals surface area (Å²) in [6.07, 6.45) is 0. The third-order valence-corrected chi connectivity index (χ3v) is 2.84. The van der Waals surface area contributed by atoms with Crippen LogP contribution in [0.5, 0.6) is 0 Å². The normalized spacial score (nSPS) is 10.2. The zero-order valence-corrected chi connectivity index (χ0v) is 11.0. The van der Waals surface area contributed by atoms with Crippen LogP contribution in [0.4, 0.5) is 21.5 Å². The molecular formula is C14H11FN2O4. The molecule has 21 heavy (non-hydrogen) atoms. The second kappa shape index (κ2) is 5.58. The number of aryl methyl sites for hydroxylation is 1. The molecule has 2 aromatic carbocycles. The maximum absolute atomic E-state index is 13.7. The van der Waals surface area contributed by atoms with Gasteiger partial charge in [-0.05, 0) is 30.7 Å². The van der Waals surface area contributed by atoms with Gasteiger partial charge in [0.2, 0.25) is 0 Å². The lowest BCUT2D eigenvalue weighted by molar-refractivity contribution is -0.384. The molecule has 0 bridgehead atoms. The van der Waals surface area contributed by atoms with Gasteiger partial charge in [-0.25, -0.2) is 9.18 Å². The minimum Gasteiger partial charge on any atom is -0.478 e. The largest absolute Gasteiger partial charge is 0.478 e. The maximum atomic E-state index is 13.7. The highest BCUT2D eigenvalue weighted by Crippen LogP contribution is 2.27. The van der Waals surface area contributed by atoms with Crippen molar-refractivity contribution in [1.82, 2.24) is 0 Å². The van der Waals surface area contributed by atoms with Crippen LogP contribution >= 0.6 is 0 Å². The fraction of sp³-hybridized carbons (Fsp3) is 0.0714. The van der Waals surface area contributed by atoms with E-state index in [0.717, 1.165) is 17.7 Å². The molecule has 6 nitrogen and oxygen atoms in total. The zero-order chi connectivity index (χ0) is 15.6. The average molecular weight is 290 g/mol. The van der Waals surface area contributed by atoms with Crippen molar-refractivity contribution >= 4 is 23.0 Å². The molecule has 0 aliphatic heterocycles. The van der Waals surface area contributed by atoms with Crippen molar-refractivity contribution in [2.75, 3.05) is 5.32 Å². The number of hydrogen-bond acceptors (Lipinski definition) is 4. The lowest BCUT2D eigenvalue weighted by Crippen LogP contribution is -2.05. The summed E-state index contributed by atoms with van der Waals surface area (Å²) < 4.78 is 13.7. The molecule has 0 saturated heterocycles. The molecule has 108 valence electrons. The SMILES string of the molecule is Cc1ccc(F)c(Nc2ccc([N+](=O)[O-])cc2C(=O)O)c1. The van der Waals surface area contributed by atoms with Gasteiger partial charge < -0.3 is 10.4 Å². The van der Waals surface area contributed by atoms with Crippen LogP contribution in [0.1, 0.15) is 15.9 Å². The number of carboxylic acids is 1. The number of aromatic carboxylic acids is 1. The van der Waals surface area contributed by atoms with Crippen molar-refractivity contribution in [2.24, 2.45) is 0 Å². The van der Waals surface area contributed by atoms with E-state index in [1.807, 2.05) is 0 Å². The molecule has 0 spiro atoms. The van der Waals surface area contributed by atoms with E-state index in [9.17, 15) is 19.3 Å². The van der Waals surface area contributed by atoms with E-state index < -0.39 is 16.7 Å².